The first-order valence-corrected chi connectivity index (χ1v) is 18.9. The van der Waals surface area contributed by atoms with Gasteiger partial charge in [0.2, 0.25) is 0 Å². The number of fused-ring (bicyclic) bond motifs is 4. The maximum absolute atomic E-state index is 6.23. The van der Waals surface area contributed by atoms with E-state index in [1.807, 2.05) is 60.7 Å². The molecule has 254 valence electrons. The number of para-hydroxylation sites is 1. The number of aromatic nitrogens is 3. The first-order valence-electron chi connectivity index (χ1n) is 17.9. The monoisotopic (exact) mass is 757 g/mol. The molecule has 0 radical (unpaired) electrons. The molecule has 2 heterocycles. The average Bonchev–Trinajstić information content (AvgIpc) is 3.63. The Balaban J connectivity index is 1.08. The Bertz CT molecular complexity index is 3010. The molecule has 0 aliphatic rings. The second-order valence-corrected chi connectivity index (χ2v) is 14.3. The van der Waals surface area contributed by atoms with Crippen molar-refractivity contribution in [3.05, 3.63) is 182 Å². The summed E-state index contributed by atoms with van der Waals surface area (Å²) in [6.07, 6.45) is 0. The van der Waals surface area contributed by atoms with Gasteiger partial charge in [-0.15, -0.1) is 0 Å². The molecule has 0 aliphatic carbocycles. The molecule has 0 atom stereocenters. The Hall–Kier alpha value is -6.65. The van der Waals surface area contributed by atoms with Crippen LogP contribution in [0.1, 0.15) is 0 Å². The molecule has 0 aliphatic heterocycles. The first kappa shape index (κ1) is 32.0. The summed E-state index contributed by atoms with van der Waals surface area (Å²) in [6, 6.07) is 63.2. The van der Waals surface area contributed by atoms with Gasteiger partial charge in [0.15, 0.2) is 11.6 Å². The van der Waals surface area contributed by atoms with Crippen molar-refractivity contribution in [3.63, 3.8) is 0 Å². The first-order chi connectivity index (χ1) is 26.7. The minimum absolute atomic E-state index is 0.604. The van der Waals surface area contributed by atoms with E-state index in [-0.39, 0.29) is 0 Å². The summed E-state index contributed by atoms with van der Waals surface area (Å²) in [4.78, 5) is 15.2. The van der Waals surface area contributed by atoms with Crippen molar-refractivity contribution in [2.75, 3.05) is 0 Å². The normalized spacial score (nSPS) is 11.4. The minimum atomic E-state index is 0.604. The maximum atomic E-state index is 6.23. The van der Waals surface area contributed by atoms with E-state index in [2.05, 4.69) is 137 Å². The number of benzene rings is 8. The molecule has 10 aromatic rings. The quantitative estimate of drug-likeness (QED) is 0.159. The van der Waals surface area contributed by atoms with E-state index in [1.54, 1.807) is 0 Å². The summed E-state index contributed by atoms with van der Waals surface area (Å²) in [6.45, 7) is 0. The fourth-order valence-electron chi connectivity index (χ4n) is 7.46. The topological polar surface area (TPSA) is 51.8 Å². The van der Waals surface area contributed by atoms with Crippen LogP contribution in [0.4, 0.5) is 0 Å². The van der Waals surface area contributed by atoms with Gasteiger partial charge in [-0.05, 0) is 12.1 Å². The molecule has 10 rings (SSSR count). The van der Waals surface area contributed by atoms with Gasteiger partial charge in [0.05, 0.1) is 0 Å². The molecule has 5 heteroatoms. The summed E-state index contributed by atoms with van der Waals surface area (Å²) in [5, 5.41) is 4.30. The van der Waals surface area contributed by atoms with E-state index in [1.165, 1.54) is 32.3 Å². The Morgan fingerprint density at radius 1 is 0.352 bits per heavy atom. The van der Waals surface area contributed by atoms with Crippen LogP contribution < -0.4 is 4.46 Å². The van der Waals surface area contributed by atoms with E-state index in [9.17, 15) is 0 Å². The van der Waals surface area contributed by atoms with Crippen LogP contribution in [0.2, 0.25) is 0 Å². The molecule has 0 amide bonds. The van der Waals surface area contributed by atoms with Crippen molar-refractivity contribution in [2.45, 2.75) is 0 Å². The van der Waals surface area contributed by atoms with Crippen LogP contribution in [0.5, 0.6) is 0 Å². The second-order valence-electron chi connectivity index (χ2n) is 13.3. The van der Waals surface area contributed by atoms with Gasteiger partial charge in [0.25, 0.3) is 0 Å². The van der Waals surface area contributed by atoms with Gasteiger partial charge in [-0.1, -0.05) is 60.7 Å². The van der Waals surface area contributed by atoms with E-state index in [0.717, 1.165) is 55.0 Å². The van der Waals surface area contributed by atoms with Crippen LogP contribution in [-0.4, -0.2) is 31.0 Å². The fraction of sp³-hybridized carbons (Fsp3) is 0. The average molecular weight is 757 g/mol. The SMILES string of the molecule is [SeH]c1c(-c2ccccc2)cccc1-c1cccc(-c2cccc3cc(-c4nc(-c5ccccc5)nc(-c5cccc6oc7ccccc7c56)n4)ccc23)c1. The predicted octanol–water partition coefficient (Wildman–Crippen LogP) is 11.5. The molecule has 0 bridgehead atoms. The van der Waals surface area contributed by atoms with E-state index in [0.29, 0.717) is 17.5 Å². The van der Waals surface area contributed by atoms with Crippen molar-refractivity contribution < 1.29 is 4.42 Å². The van der Waals surface area contributed by atoms with Crippen molar-refractivity contribution in [2.24, 2.45) is 0 Å². The third kappa shape index (κ3) is 5.68. The third-order valence-corrected chi connectivity index (χ3v) is 11.1. The zero-order valence-electron chi connectivity index (χ0n) is 29.0. The van der Waals surface area contributed by atoms with Crippen LogP contribution in [0.25, 0.3) is 100 Å². The number of furan rings is 1. The van der Waals surface area contributed by atoms with Gasteiger partial charge < -0.3 is 4.42 Å². The third-order valence-electron chi connectivity index (χ3n) is 10.1. The van der Waals surface area contributed by atoms with Gasteiger partial charge in [0.1, 0.15) is 11.2 Å². The van der Waals surface area contributed by atoms with Crippen LogP contribution in [-0.2, 0) is 0 Å². The molecule has 4 nitrogen and oxygen atoms in total. The Morgan fingerprint density at radius 3 is 1.72 bits per heavy atom. The molecule has 0 saturated carbocycles. The molecule has 2 aromatic heterocycles. The van der Waals surface area contributed by atoms with Gasteiger partial charge in [-0.25, -0.2) is 4.98 Å². The summed E-state index contributed by atoms with van der Waals surface area (Å²) in [5.74, 6) is 1.84. The molecule has 0 spiro atoms. The molecule has 0 N–H and O–H groups in total. The summed E-state index contributed by atoms with van der Waals surface area (Å²) < 4.78 is 7.44. The number of hydrogen-bond donors (Lipinski definition) is 0. The van der Waals surface area contributed by atoms with E-state index >= 15 is 0 Å². The van der Waals surface area contributed by atoms with Crippen molar-refractivity contribution in [1.29, 1.82) is 0 Å². The van der Waals surface area contributed by atoms with E-state index < -0.39 is 0 Å². The Morgan fingerprint density at radius 2 is 0.907 bits per heavy atom. The zero-order chi connectivity index (χ0) is 36.0. The van der Waals surface area contributed by atoms with E-state index in [4.69, 9.17) is 19.4 Å². The fourth-order valence-corrected chi connectivity index (χ4v) is 8.31. The zero-order valence-corrected chi connectivity index (χ0v) is 30.9. The summed E-state index contributed by atoms with van der Waals surface area (Å²) in [7, 11) is 0. The van der Waals surface area contributed by atoms with Crippen LogP contribution in [0, 0.1) is 0 Å². The molecule has 0 saturated heterocycles. The molecular formula is C49H31N3OSe. The Labute approximate surface area is 320 Å². The van der Waals surface area contributed by atoms with Gasteiger partial charge >= 0.3 is 195 Å². The number of nitrogens with zero attached hydrogens (tertiary/aromatic N) is 3. The molecule has 54 heavy (non-hydrogen) atoms. The summed E-state index contributed by atoms with van der Waals surface area (Å²) in [5.41, 5.74) is 11.6. The molecular weight excluding hydrogens is 726 g/mol. The summed E-state index contributed by atoms with van der Waals surface area (Å²) >= 11 is 2.79. The number of rotatable bonds is 6. The van der Waals surface area contributed by atoms with Crippen LogP contribution >= 0.6 is 0 Å². The van der Waals surface area contributed by atoms with Crippen molar-refractivity contribution >= 4 is 53.2 Å². The number of hydrogen-bond acceptors (Lipinski definition) is 4. The van der Waals surface area contributed by atoms with Gasteiger partial charge in [-0.3, -0.25) is 0 Å². The molecule has 0 unspecified atom stereocenters. The van der Waals surface area contributed by atoms with Crippen molar-refractivity contribution in [3.8, 4) is 67.5 Å². The Kier molecular flexibility index (Phi) is 7.95. The van der Waals surface area contributed by atoms with Crippen molar-refractivity contribution in [1.82, 2.24) is 15.0 Å². The molecule has 8 aromatic carbocycles. The second kappa shape index (κ2) is 13.4. The van der Waals surface area contributed by atoms with Crippen LogP contribution in [0.15, 0.2) is 186 Å². The van der Waals surface area contributed by atoms with Gasteiger partial charge in [-0.2, -0.15) is 0 Å². The predicted molar refractivity (Wildman–Crippen MR) is 224 cm³/mol. The van der Waals surface area contributed by atoms with Gasteiger partial charge in [0, 0.05) is 21.9 Å². The van der Waals surface area contributed by atoms with Crippen LogP contribution in [0.3, 0.4) is 0 Å². The standard InChI is InChI=1S/C49H31N3OSe/c54-46-39(31-13-3-1-4-14-31)22-11-23-40(46)35-18-9-17-33(29-35)37-21-10-19-34-30-36(27-28-38(34)37)48-50-47(32-15-5-2-6-16-32)51-49(52-48)42-24-12-26-44-45(42)41-20-7-8-25-43(41)53-44/h1-30,54H. The molecule has 0 fully saturated rings.